The van der Waals surface area contributed by atoms with Crippen LogP contribution in [0.25, 0.3) is 22.4 Å². The highest BCUT2D eigenvalue weighted by Crippen LogP contribution is 2.34. The number of benzene rings is 2. The number of H-pyrrole nitrogens is 1. The van der Waals surface area contributed by atoms with Gasteiger partial charge in [-0.2, -0.15) is 0 Å². The second-order valence-corrected chi connectivity index (χ2v) is 4.65. The summed E-state index contributed by atoms with van der Waals surface area (Å²) in [7, 11) is 0. The lowest BCUT2D eigenvalue weighted by Crippen LogP contribution is -2.15. The van der Waals surface area contributed by atoms with Gasteiger partial charge in [0.05, 0.1) is 11.0 Å². The van der Waals surface area contributed by atoms with Crippen LogP contribution in [0.3, 0.4) is 0 Å². The van der Waals surface area contributed by atoms with Gasteiger partial charge in [-0.05, 0) is 30.3 Å². The summed E-state index contributed by atoms with van der Waals surface area (Å²) in [4.78, 5) is 7.70. The van der Waals surface area contributed by atoms with Gasteiger partial charge < -0.3 is 19.6 Å². The van der Waals surface area contributed by atoms with E-state index in [2.05, 4.69) is 9.97 Å². The molecular formula is C15H12N2O3. The van der Waals surface area contributed by atoms with Crippen LogP contribution in [0.1, 0.15) is 0 Å². The molecule has 100 valence electrons. The molecule has 0 atom stereocenters. The van der Waals surface area contributed by atoms with Crippen molar-refractivity contribution in [2.75, 3.05) is 13.2 Å². The molecule has 0 spiro atoms. The summed E-state index contributed by atoms with van der Waals surface area (Å²) in [6.07, 6.45) is 0. The smallest absolute Gasteiger partial charge is 0.162 e. The number of aromatic hydroxyl groups is 1. The molecule has 1 aromatic heterocycles. The predicted molar refractivity (Wildman–Crippen MR) is 74.2 cm³/mol. The highest BCUT2D eigenvalue weighted by molar-refractivity contribution is 5.81. The van der Waals surface area contributed by atoms with Gasteiger partial charge in [0.2, 0.25) is 0 Å². The molecule has 1 aliphatic heterocycles. The van der Waals surface area contributed by atoms with Crippen molar-refractivity contribution in [1.29, 1.82) is 0 Å². The van der Waals surface area contributed by atoms with Crippen molar-refractivity contribution < 1.29 is 14.6 Å². The minimum Gasteiger partial charge on any atom is -0.508 e. The number of nitrogens with one attached hydrogen (secondary N) is 1. The van der Waals surface area contributed by atoms with E-state index in [0.29, 0.717) is 13.2 Å². The minimum absolute atomic E-state index is 0.217. The average molecular weight is 268 g/mol. The number of phenolic OH excluding ortho intramolecular Hbond substituents is 1. The van der Waals surface area contributed by atoms with Crippen LogP contribution in [0.2, 0.25) is 0 Å². The maximum atomic E-state index is 9.48. The van der Waals surface area contributed by atoms with Crippen molar-refractivity contribution in [1.82, 2.24) is 9.97 Å². The van der Waals surface area contributed by atoms with E-state index in [1.165, 1.54) is 0 Å². The maximum Gasteiger partial charge on any atom is 0.162 e. The lowest BCUT2D eigenvalue weighted by Gasteiger charge is -2.18. The SMILES string of the molecule is Oc1ccc2nc(-c3ccc4c(c3)OCCO4)[nH]c2c1. The minimum atomic E-state index is 0.217. The second kappa shape index (κ2) is 4.16. The van der Waals surface area contributed by atoms with Gasteiger partial charge in [0, 0.05) is 11.6 Å². The average Bonchev–Trinajstić information content (AvgIpc) is 2.89. The molecule has 0 saturated heterocycles. The lowest BCUT2D eigenvalue weighted by molar-refractivity contribution is 0.171. The van der Waals surface area contributed by atoms with E-state index in [-0.39, 0.29) is 5.75 Å². The highest BCUT2D eigenvalue weighted by atomic mass is 16.6. The summed E-state index contributed by atoms with van der Waals surface area (Å²) in [5.41, 5.74) is 2.53. The molecule has 0 aliphatic carbocycles. The first-order chi connectivity index (χ1) is 9.79. The molecule has 1 aliphatic rings. The Morgan fingerprint density at radius 1 is 1.00 bits per heavy atom. The van der Waals surface area contributed by atoms with Crippen LogP contribution in [0.4, 0.5) is 0 Å². The summed E-state index contributed by atoms with van der Waals surface area (Å²) in [6, 6.07) is 10.8. The van der Waals surface area contributed by atoms with Crippen molar-refractivity contribution in [2.24, 2.45) is 0 Å². The Kier molecular flexibility index (Phi) is 2.32. The Balaban J connectivity index is 1.82. The standard InChI is InChI=1S/C15H12N2O3/c18-10-2-3-11-12(8-10)17-15(16-11)9-1-4-13-14(7-9)20-6-5-19-13/h1-4,7-8,18H,5-6H2,(H,16,17). The zero-order valence-electron chi connectivity index (χ0n) is 10.6. The number of rotatable bonds is 1. The summed E-state index contributed by atoms with van der Waals surface area (Å²) in [5, 5.41) is 9.48. The molecule has 2 heterocycles. The van der Waals surface area contributed by atoms with Gasteiger partial charge in [-0.25, -0.2) is 4.98 Å². The number of imidazole rings is 1. The summed E-state index contributed by atoms with van der Waals surface area (Å²) < 4.78 is 11.1. The third kappa shape index (κ3) is 1.75. The zero-order chi connectivity index (χ0) is 13.5. The van der Waals surface area contributed by atoms with E-state index in [9.17, 15) is 5.11 Å². The number of phenols is 1. The molecule has 20 heavy (non-hydrogen) atoms. The summed E-state index contributed by atoms with van der Waals surface area (Å²) >= 11 is 0. The fourth-order valence-electron chi connectivity index (χ4n) is 2.32. The number of aromatic nitrogens is 2. The number of fused-ring (bicyclic) bond motifs is 2. The number of ether oxygens (including phenoxy) is 2. The van der Waals surface area contributed by atoms with Gasteiger partial charge >= 0.3 is 0 Å². The monoisotopic (exact) mass is 268 g/mol. The van der Waals surface area contributed by atoms with Gasteiger partial charge in [-0.15, -0.1) is 0 Å². The van der Waals surface area contributed by atoms with Crippen LogP contribution in [0.5, 0.6) is 17.2 Å². The highest BCUT2D eigenvalue weighted by Gasteiger charge is 2.14. The van der Waals surface area contributed by atoms with Gasteiger partial charge in [0.15, 0.2) is 11.5 Å². The third-order valence-electron chi connectivity index (χ3n) is 3.28. The molecule has 0 radical (unpaired) electrons. The quantitative estimate of drug-likeness (QED) is 0.712. The number of hydrogen-bond acceptors (Lipinski definition) is 4. The Morgan fingerprint density at radius 2 is 1.85 bits per heavy atom. The van der Waals surface area contributed by atoms with E-state index in [4.69, 9.17) is 9.47 Å². The van der Waals surface area contributed by atoms with E-state index in [1.807, 2.05) is 18.2 Å². The van der Waals surface area contributed by atoms with Crippen LogP contribution < -0.4 is 9.47 Å². The van der Waals surface area contributed by atoms with E-state index >= 15 is 0 Å². The fourth-order valence-corrected chi connectivity index (χ4v) is 2.32. The third-order valence-corrected chi connectivity index (χ3v) is 3.28. The lowest BCUT2D eigenvalue weighted by atomic mass is 10.2. The van der Waals surface area contributed by atoms with Crippen LogP contribution in [0.15, 0.2) is 36.4 Å². The molecule has 5 heteroatoms. The van der Waals surface area contributed by atoms with Gasteiger partial charge in [0.25, 0.3) is 0 Å². The molecule has 5 nitrogen and oxygen atoms in total. The second-order valence-electron chi connectivity index (χ2n) is 4.65. The van der Waals surface area contributed by atoms with Crippen molar-refractivity contribution >= 4 is 11.0 Å². The first-order valence-electron chi connectivity index (χ1n) is 6.38. The van der Waals surface area contributed by atoms with Crippen LogP contribution in [-0.2, 0) is 0 Å². The van der Waals surface area contributed by atoms with Crippen molar-refractivity contribution in [2.45, 2.75) is 0 Å². The van der Waals surface area contributed by atoms with Crippen LogP contribution in [-0.4, -0.2) is 28.3 Å². The van der Waals surface area contributed by atoms with E-state index in [0.717, 1.165) is 33.9 Å². The van der Waals surface area contributed by atoms with Crippen LogP contribution in [0, 0.1) is 0 Å². The molecule has 0 bridgehead atoms. The Morgan fingerprint density at radius 3 is 2.75 bits per heavy atom. The Hall–Kier alpha value is -2.69. The topological polar surface area (TPSA) is 67.4 Å². The molecule has 0 saturated carbocycles. The Bertz CT molecular complexity index is 795. The summed E-state index contributed by atoms with van der Waals surface area (Å²) in [6.45, 7) is 1.14. The van der Waals surface area contributed by atoms with Gasteiger partial charge in [-0.1, -0.05) is 0 Å². The molecule has 2 aromatic carbocycles. The largest absolute Gasteiger partial charge is 0.508 e. The molecule has 0 amide bonds. The number of hydrogen-bond donors (Lipinski definition) is 2. The molecule has 3 aromatic rings. The van der Waals surface area contributed by atoms with Crippen molar-refractivity contribution in [3.63, 3.8) is 0 Å². The van der Waals surface area contributed by atoms with Gasteiger partial charge in [0.1, 0.15) is 24.8 Å². The normalized spacial score (nSPS) is 13.6. The number of aromatic amines is 1. The molecule has 0 fully saturated rings. The van der Waals surface area contributed by atoms with Crippen LogP contribution >= 0.6 is 0 Å². The predicted octanol–water partition coefficient (Wildman–Crippen LogP) is 2.71. The van der Waals surface area contributed by atoms with Crippen molar-refractivity contribution in [3.05, 3.63) is 36.4 Å². The van der Waals surface area contributed by atoms with E-state index < -0.39 is 0 Å². The molecular weight excluding hydrogens is 256 g/mol. The zero-order valence-corrected chi connectivity index (χ0v) is 10.6. The maximum absolute atomic E-state index is 9.48. The molecule has 2 N–H and O–H groups in total. The first kappa shape index (κ1) is 11.2. The first-order valence-corrected chi connectivity index (χ1v) is 6.38. The van der Waals surface area contributed by atoms with E-state index in [1.54, 1.807) is 18.2 Å². The number of nitrogens with zero attached hydrogens (tertiary/aromatic N) is 1. The van der Waals surface area contributed by atoms with Gasteiger partial charge in [-0.3, -0.25) is 0 Å². The Labute approximate surface area is 114 Å². The summed E-state index contributed by atoms with van der Waals surface area (Å²) in [5.74, 6) is 2.45. The molecule has 0 unspecified atom stereocenters. The fraction of sp³-hybridized carbons (Fsp3) is 0.133. The molecule has 4 rings (SSSR count). The van der Waals surface area contributed by atoms with Crippen molar-refractivity contribution in [3.8, 4) is 28.6 Å².